The Labute approximate surface area is 124 Å². The predicted octanol–water partition coefficient (Wildman–Crippen LogP) is 2.95. The minimum absolute atomic E-state index is 0.163. The molecule has 7 heteroatoms. The van der Waals surface area contributed by atoms with E-state index in [0.29, 0.717) is 15.8 Å². The molecule has 0 aromatic carbocycles. The van der Waals surface area contributed by atoms with E-state index in [9.17, 15) is 9.59 Å². The van der Waals surface area contributed by atoms with Crippen LogP contribution in [0.15, 0.2) is 28.2 Å². The van der Waals surface area contributed by atoms with E-state index in [4.69, 9.17) is 5.11 Å². The first-order chi connectivity index (χ1) is 9.45. The summed E-state index contributed by atoms with van der Waals surface area (Å²) in [5.41, 5.74) is 0.595. The molecule has 5 nitrogen and oxygen atoms in total. The van der Waals surface area contributed by atoms with Crippen LogP contribution in [0.5, 0.6) is 0 Å². The molecule has 0 spiro atoms. The summed E-state index contributed by atoms with van der Waals surface area (Å²) in [6.45, 7) is 3.96. The fourth-order valence-corrected chi connectivity index (χ4v) is 3.30. The summed E-state index contributed by atoms with van der Waals surface area (Å²) in [5, 5.41) is 9.42. The van der Waals surface area contributed by atoms with Crippen LogP contribution in [0.2, 0.25) is 0 Å². The fourth-order valence-electron chi connectivity index (χ4n) is 1.53. The summed E-state index contributed by atoms with van der Waals surface area (Å²) in [4.78, 5) is 30.7. The normalized spacial score (nSPS) is 10.9. The van der Waals surface area contributed by atoms with Gasteiger partial charge in [0.1, 0.15) is 4.88 Å². The number of H-pyrrole nitrogens is 1. The maximum absolute atomic E-state index is 11.5. The van der Waals surface area contributed by atoms with Crippen molar-refractivity contribution in [1.82, 2.24) is 9.97 Å². The number of aromatic amines is 1. The van der Waals surface area contributed by atoms with Crippen molar-refractivity contribution in [3.05, 3.63) is 44.0 Å². The third-order valence-corrected chi connectivity index (χ3v) is 4.73. The van der Waals surface area contributed by atoms with Gasteiger partial charge in [0.05, 0.1) is 5.69 Å². The van der Waals surface area contributed by atoms with Crippen molar-refractivity contribution in [2.24, 2.45) is 0 Å². The standard InChI is InChI=1S/C13H14N2O3S2/c1-7(2)9-5-11(16)15-13(14-9)19-6-8-3-4-10(20-8)12(17)18/h3-5,7H,6H2,1-2H3,(H,17,18)(H,14,15,16). The van der Waals surface area contributed by atoms with E-state index in [1.54, 1.807) is 12.1 Å². The number of aromatic nitrogens is 2. The van der Waals surface area contributed by atoms with E-state index in [0.717, 1.165) is 10.6 Å². The van der Waals surface area contributed by atoms with E-state index < -0.39 is 5.97 Å². The number of carbonyl (C=O) groups is 1. The van der Waals surface area contributed by atoms with E-state index >= 15 is 0 Å². The molecule has 0 aliphatic rings. The molecule has 0 aliphatic carbocycles. The second kappa shape index (κ2) is 6.23. The number of thioether (sulfide) groups is 1. The van der Waals surface area contributed by atoms with Crippen LogP contribution in [-0.2, 0) is 5.75 Å². The second-order valence-electron chi connectivity index (χ2n) is 4.49. The molecule has 0 bridgehead atoms. The lowest BCUT2D eigenvalue weighted by Gasteiger charge is -2.05. The molecule has 0 saturated heterocycles. The van der Waals surface area contributed by atoms with E-state index in [1.807, 2.05) is 13.8 Å². The zero-order valence-corrected chi connectivity index (χ0v) is 12.7. The average Bonchev–Trinajstić information content (AvgIpc) is 2.84. The summed E-state index contributed by atoms with van der Waals surface area (Å²) >= 11 is 2.63. The van der Waals surface area contributed by atoms with Gasteiger partial charge in [-0.15, -0.1) is 11.3 Å². The Bertz CT molecular complexity index is 676. The van der Waals surface area contributed by atoms with Crippen molar-refractivity contribution in [1.29, 1.82) is 0 Å². The molecule has 2 rings (SSSR count). The molecule has 0 radical (unpaired) electrons. The number of rotatable bonds is 5. The third-order valence-electron chi connectivity index (χ3n) is 2.55. The highest BCUT2D eigenvalue weighted by Gasteiger charge is 2.09. The lowest BCUT2D eigenvalue weighted by atomic mass is 10.1. The van der Waals surface area contributed by atoms with Crippen LogP contribution < -0.4 is 5.56 Å². The summed E-state index contributed by atoms with van der Waals surface area (Å²) in [5.74, 6) is -0.140. The molecule has 0 unspecified atom stereocenters. The minimum Gasteiger partial charge on any atom is -0.477 e. The van der Waals surface area contributed by atoms with Crippen molar-refractivity contribution >= 4 is 29.1 Å². The molecular weight excluding hydrogens is 296 g/mol. The van der Waals surface area contributed by atoms with E-state index in [2.05, 4.69) is 9.97 Å². The average molecular weight is 310 g/mol. The first-order valence-electron chi connectivity index (χ1n) is 6.02. The second-order valence-corrected chi connectivity index (χ2v) is 6.62. The number of nitrogens with zero attached hydrogens (tertiary/aromatic N) is 1. The molecule has 106 valence electrons. The molecule has 2 aromatic rings. The van der Waals surface area contributed by atoms with Crippen molar-refractivity contribution in [2.45, 2.75) is 30.7 Å². The number of nitrogens with one attached hydrogen (secondary N) is 1. The Morgan fingerprint density at radius 3 is 2.85 bits per heavy atom. The smallest absolute Gasteiger partial charge is 0.345 e. The lowest BCUT2D eigenvalue weighted by Crippen LogP contribution is -2.10. The summed E-state index contributed by atoms with van der Waals surface area (Å²) < 4.78 is 0. The first-order valence-corrected chi connectivity index (χ1v) is 7.82. The first kappa shape index (κ1) is 14.8. The number of hydrogen-bond donors (Lipinski definition) is 2. The molecule has 0 saturated carbocycles. The van der Waals surface area contributed by atoms with Crippen molar-refractivity contribution in [3.8, 4) is 0 Å². The summed E-state index contributed by atoms with van der Waals surface area (Å²) in [7, 11) is 0. The summed E-state index contributed by atoms with van der Waals surface area (Å²) in [6, 6.07) is 4.87. The van der Waals surface area contributed by atoms with Gasteiger partial charge in [-0.05, 0) is 18.1 Å². The van der Waals surface area contributed by atoms with Gasteiger partial charge in [-0.25, -0.2) is 9.78 Å². The number of carboxylic acids is 1. The Kier molecular flexibility index (Phi) is 4.61. The molecule has 0 atom stereocenters. The Morgan fingerprint density at radius 2 is 2.25 bits per heavy atom. The highest BCUT2D eigenvalue weighted by atomic mass is 32.2. The molecule has 0 amide bonds. The Morgan fingerprint density at radius 1 is 1.50 bits per heavy atom. The Balaban J connectivity index is 2.10. The van der Waals surface area contributed by atoms with Gasteiger partial charge in [0.15, 0.2) is 5.16 Å². The molecular formula is C13H14N2O3S2. The quantitative estimate of drug-likeness (QED) is 0.655. The zero-order chi connectivity index (χ0) is 14.7. The van der Waals surface area contributed by atoms with E-state index in [1.165, 1.54) is 29.2 Å². The van der Waals surface area contributed by atoms with Gasteiger partial charge in [0.2, 0.25) is 0 Å². The number of carboxylic acid groups (broad SMARTS) is 1. The molecule has 0 aliphatic heterocycles. The van der Waals surface area contributed by atoms with Crippen LogP contribution in [0.4, 0.5) is 0 Å². The van der Waals surface area contributed by atoms with E-state index in [-0.39, 0.29) is 11.5 Å². The maximum Gasteiger partial charge on any atom is 0.345 e. The van der Waals surface area contributed by atoms with Gasteiger partial charge in [-0.2, -0.15) is 0 Å². The van der Waals surface area contributed by atoms with Gasteiger partial charge in [-0.3, -0.25) is 4.79 Å². The van der Waals surface area contributed by atoms with Crippen LogP contribution in [0.3, 0.4) is 0 Å². The van der Waals surface area contributed by atoms with Crippen LogP contribution in [0.25, 0.3) is 0 Å². The fraction of sp³-hybridized carbons (Fsp3) is 0.308. The highest BCUT2D eigenvalue weighted by Crippen LogP contribution is 2.25. The molecule has 20 heavy (non-hydrogen) atoms. The van der Waals surface area contributed by atoms with Gasteiger partial charge in [-0.1, -0.05) is 25.6 Å². The molecule has 0 fully saturated rings. The van der Waals surface area contributed by atoms with Crippen LogP contribution in [0, 0.1) is 0 Å². The van der Waals surface area contributed by atoms with Gasteiger partial charge < -0.3 is 10.1 Å². The number of aromatic carboxylic acids is 1. The van der Waals surface area contributed by atoms with Gasteiger partial charge in [0.25, 0.3) is 5.56 Å². The summed E-state index contributed by atoms with van der Waals surface area (Å²) in [6.07, 6.45) is 0. The molecule has 2 N–H and O–H groups in total. The zero-order valence-electron chi connectivity index (χ0n) is 11.0. The largest absolute Gasteiger partial charge is 0.477 e. The highest BCUT2D eigenvalue weighted by molar-refractivity contribution is 7.98. The van der Waals surface area contributed by atoms with Crippen LogP contribution in [0.1, 0.15) is 40.0 Å². The maximum atomic E-state index is 11.5. The minimum atomic E-state index is -0.917. The van der Waals surface area contributed by atoms with Crippen molar-refractivity contribution < 1.29 is 9.90 Å². The predicted molar refractivity (Wildman–Crippen MR) is 79.8 cm³/mol. The molecule has 2 heterocycles. The van der Waals surface area contributed by atoms with Crippen molar-refractivity contribution in [2.75, 3.05) is 0 Å². The number of thiophene rings is 1. The monoisotopic (exact) mass is 310 g/mol. The third kappa shape index (κ3) is 3.71. The topological polar surface area (TPSA) is 83.0 Å². The molecule has 2 aromatic heterocycles. The lowest BCUT2D eigenvalue weighted by molar-refractivity contribution is 0.0702. The van der Waals surface area contributed by atoms with Gasteiger partial charge >= 0.3 is 5.97 Å². The van der Waals surface area contributed by atoms with Gasteiger partial charge in [0, 0.05) is 16.7 Å². The number of hydrogen-bond acceptors (Lipinski definition) is 5. The SMILES string of the molecule is CC(C)c1cc(=O)[nH]c(SCc2ccc(C(=O)O)s2)n1. The van der Waals surface area contributed by atoms with Crippen LogP contribution >= 0.6 is 23.1 Å². The Hall–Kier alpha value is -1.60. The van der Waals surface area contributed by atoms with Crippen molar-refractivity contribution in [3.63, 3.8) is 0 Å². The van der Waals surface area contributed by atoms with Crippen LogP contribution in [-0.4, -0.2) is 21.0 Å².